The number of thioether (sulfide) groups is 3. The second-order valence-corrected chi connectivity index (χ2v) is 31.0. The zero-order chi connectivity index (χ0) is 63.6. The first-order chi connectivity index (χ1) is 44.2. The minimum Gasteiger partial charge on any atom is -0.335 e. The van der Waals surface area contributed by atoms with Crippen LogP contribution in [0.4, 0.5) is 0 Å². The molecule has 0 N–H and O–H groups in total. The summed E-state index contributed by atoms with van der Waals surface area (Å²) >= 11 is 5.69. The summed E-state index contributed by atoms with van der Waals surface area (Å²) in [7, 11) is 0. The van der Waals surface area contributed by atoms with Crippen LogP contribution in [0.15, 0.2) is 160 Å². The Morgan fingerprint density at radius 3 is 1.05 bits per heavy atom. The lowest BCUT2D eigenvalue weighted by Crippen LogP contribution is -2.43. The van der Waals surface area contributed by atoms with Gasteiger partial charge in [-0.2, -0.15) is 0 Å². The minimum atomic E-state index is 0.252. The van der Waals surface area contributed by atoms with E-state index in [1.165, 1.54) is 123 Å². The summed E-state index contributed by atoms with van der Waals surface area (Å²) in [4.78, 5) is 57.3. The fourth-order valence-corrected chi connectivity index (χ4v) is 17.6. The second-order valence-electron chi connectivity index (χ2n) is 27.5. The van der Waals surface area contributed by atoms with Gasteiger partial charge in [-0.25, -0.2) is 0 Å². The van der Waals surface area contributed by atoms with Gasteiger partial charge in [0.05, 0.1) is 0 Å². The van der Waals surface area contributed by atoms with Crippen LogP contribution in [-0.2, 0) is 53.3 Å². The van der Waals surface area contributed by atoms with Crippen molar-refractivity contribution in [3.8, 4) is 0 Å². The zero-order valence-corrected chi connectivity index (χ0v) is 58.4. The molecule has 0 unspecified atom stereocenters. The van der Waals surface area contributed by atoms with Crippen molar-refractivity contribution in [1.82, 2.24) is 29.4 Å². The SMILES string of the molecule is Cc1ccc2c(c1)CN(C(=O)CCN1CCC(Cc3ccccc3)CC1)[C@@H](C)CS2.Cc1ccc2c(c1)CN(C(=O)CCN1CCC(Cc3ccccc3)CC1)[C@@H](C)[C@@H](C)S2.Cc1ccc2c(c1)CN(C(=O)CCN1CCC(Cc3ccccc3)CC1)[C@H](C)CS2. The van der Waals surface area contributed by atoms with Crippen LogP contribution in [0.3, 0.4) is 0 Å². The van der Waals surface area contributed by atoms with Gasteiger partial charge in [-0.05, 0) is 208 Å². The molecule has 0 radical (unpaired) electrons. The molecule has 91 heavy (non-hydrogen) atoms. The van der Waals surface area contributed by atoms with Gasteiger partial charge in [0, 0.05) is 108 Å². The quantitative estimate of drug-likeness (QED) is 0.1000. The third-order valence-electron chi connectivity index (χ3n) is 20.3. The highest BCUT2D eigenvalue weighted by atomic mass is 32.2. The van der Waals surface area contributed by atoms with E-state index in [0.717, 1.165) is 108 Å². The number of hydrogen-bond donors (Lipinski definition) is 0. The molecule has 3 fully saturated rings. The molecule has 486 valence electrons. The van der Waals surface area contributed by atoms with Crippen molar-refractivity contribution in [1.29, 1.82) is 0 Å². The van der Waals surface area contributed by atoms with E-state index >= 15 is 0 Å². The lowest BCUT2D eigenvalue weighted by atomic mass is 9.90. The molecule has 3 saturated heterocycles. The number of rotatable bonds is 15. The van der Waals surface area contributed by atoms with Crippen molar-refractivity contribution in [2.45, 2.75) is 183 Å². The van der Waals surface area contributed by atoms with E-state index in [2.05, 4.69) is 223 Å². The van der Waals surface area contributed by atoms with Crippen molar-refractivity contribution in [3.63, 3.8) is 0 Å². The average Bonchev–Trinajstić information content (AvgIpc) is 2.15. The first kappa shape index (κ1) is 68.5. The highest BCUT2D eigenvalue weighted by molar-refractivity contribution is 8.00. The molecule has 12 rings (SSSR count). The fraction of sp³-hybridized carbons (Fsp3) is 0.506. The number of piperidine rings is 3. The minimum absolute atomic E-state index is 0.252. The molecule has 0 spiro atoms. The molecule has 0 saturated carbocycles. The molecule has 6 aromatic carbocycles. The van der Waals surface area contributed by atoms with Gasteiger partial charge in [-0.3, -0.25) is 14.4 Å². The van der Waals surface area contributed by atoms with E-state index in [-0.39, 0.29) is 18.1 Å². The molecule has 9 nitrogen and oxygen atoms in total. The molecule has 0 aliphatic carbocycles. The summed E-state index contributed by atoms with van der Waals surface area (Å²) in [6.07, 6.45) is 12.9. The van der Waals surface area contributed by atoms with Crippen LogP contribution >= 0.6 is 35.3 Å². The number of carbonyl (C=O) groups excluding carboxylic acids is 3. The number of carbonyl (C=O) groups is 3. The maximum Gasteiger partial charge on any atom is 0.224 e. The number of aryl methyl sites for hydroxylation is 3. The van der Waals surface area contributed by atoms with Gasteiger partial charge in [-0.15, -0.1) is 35.3 Å². The molecule has 4 atom stereocenters. The summed E-state index contributed by atoms with van der Waals surface area (Å²) in [5.41, 5.74) is 12.1. The Morgan fingerprint density at radius 2 is 0.703 bits per heavy atom. The van der Waals surface area contributed by atoms with Crippen molar-refractivity contribution in [2.24, 2.45) is 17.8 Å². The fourth-order valence-electron chi connectivity index (χ4n) is 14.3. The summed E-state index contributed by atoms with van der Waals surface area (Å²) in [6.45, 7) is 26.9. The molecule has 6 aliphatic heterocycles. The van der Waals surface area contributed by atoms with Crippen molar-refractivity contribution in [2.75, 3.05) is 70.4 Å². The number of benzene rings is 6. The first-order valence-corrected chi connectivity index (χ1v) is 37.4. The number of hydrogen-bond acceptors (Lipinski definition) is 9. The Kier molecular flexibility index (Phi) is 25.7. The molecular formula is C79H104N6O3S3. The maximum absolute atomic E-state index is 13.2. The average molecular weight is 1280 g/mol. The number of fused-ring (bicyclic) bond motifs is 3. The highest BCUT2D eigenvalue weighted by Crippen LogP contribution is 2.37. The third-order valence-corrected chi connectivity index (χ3v) is 24.4. The summed E-state index contributed by atoms with van der Waals surface area (Å²) in [6, 6.07) is 53.3. The molecule has 3 amide bonds. The molecule has 0 bridgehead atoms. The van der Waals surface area contributed by atoms with Crippen molar-refractivity contribution >= 4 is 53.0 Å². The van der Waals surface area contributed by atoms with Gasteiger partial charge < -0.3 is 29.4 Å². The van der Waals surface area contributed by atoms with Crippen LogP contribution in [0, 0.1) is 38.5 Å². The van der Waals surface area contributed by atoms with E-state index in [1.54, 1.807) is 0 Å². The molecular weight excluding hydrogens is 1180 g/mol. The number of amides is 3. The predicted molar refractivity (Wildman–Crippen MR) is 382 cm³/mol. The summed E-state index contributed by atoms with van der Waals surface area (Å²) in [5.74, 6) is 5.22. The molecule has 12 heteroatoms. The zero-order valence-electron chi connectivity index (χ0n) is 55.9. The monoisotopic (exact) mass is 1280 g/mol. The van der Waals surface area contributed by atoms with Gasteiger partial charge in [0.15, 0.2) is 0 Å². The Hall–Kier alpha value is -5.34. The predicted octanol–water partition coefficient (Wildman–Crippen LogP) is 15.9. The van der Waals surface area contributed by atoms with Crippen LogP contribution in [0.5, 0.6) is 0 Å². The van der Waals surface area contributed by atoms with Crippen LogP contribution < -0.4 is 0 Å². The summed E-state index contributed by atoms with van der Waals surface area (Å²) in [5, 5.41) is 0.404. The van der Waals surface area contributed by atoms with Crippen LogP contribution in [0.2, 0.25) is 0 Å². The van der Waals surface area contributed by atoms with E-state index in [4.69, 9.17) is 0 Å². The van der Waals surface area contributed by atoms with Gasteiger partial charge in [0.2, 0.25) is 17.7 Å². The third kappa shape index (κ3) is 20.3. The smallest absolute Gasteiger partial charge is 0.224 e. The lowest BCUT2D eigenvalue weighted by Gasteiger charge is -2.34. The molecule has 6 aliphatic rings. The second kappa shape index (κ2) is 34.2. The molecule has 6 heterocycles. The number of nitrogens with zero attached hydrogens (tertiary/aromatic N) is 6. The Balaban J connectivity index is 0.000000150. The van der Waals surface area contributed by atoms with Gasteiger partial charge in [0.25, 0.3) is 0 Å². The Morgan fingerprint density at radius 1 is 0.396 bits per heavy atom. The highest BCUT2D eigenvalue weighted by Gasteiger charge is 2.32. The first-order valence-electron chi connectivity index (χ1n) is 34.5. The van der Waals surface area contributed by atoms with E-state index < -0.39 is 0 Å². The van der Waals surface area contributed by atoms with E-state index in [0.29, 0.717) is 42.2 Å². The van der Waals surface area contributed by atoms with Crippen LogP contribution in [0.25, 0.3) is 0 Å². The van der Waals surface area contributed by atoms with Crippen LogP contribution in [-0.4, -0.2) is 141 Å². The normalized spacial score (nSPS) is 21.3. The molecule has 6 aromatic rings. The lowest BCUT2D eigenvalue weighted by molar-refractivity contribution is -0.135. The Labute approximate surface area is 560 Å². The number of likely N-dealkylation sites (tertiary alicyclic amines) is 3. The van der Waals surface area contributed by atoms with Gasteiger partial charge >= 0.3 is 0 Å². The Bertz CT molecular complexity index is 3110. The van der Waals surface area contributed by atoms with Crippen molar-refractivity contribution in [3.05, 3.63) is 196 Å². The van der Waals surface area contributed by atoms with Gasteiger partial charge in [0.1, 0.15) is 0 Å². The van der Waals surface area contributed by atoms with Crippen molar-refractivity contribution < 1.29 is 14.4 Å². The summed E-state index contributed by atoms with van der Waals surface area (Å²) < 4.78 is 0. The van der Waals surface area contributed by atoms with E-state index in [9.17, 15) is 14.4 Å². The van der Waals surface area contributed by atoms with E-state index in [1.807, 2.05) is 35.3 Å². The standard InChI is InChI=1S/C27H36N2OS.2C26H34N2OS/c1-20-9-10-26-25(17-20)19-29(21(2)22(3)31-26)27(30)13-16-28-14-11-24(12-15-28)18-23-7-5-4-6-8-23;2*1-20-8-9-25-24(16-20)18-28(21(2)19-30-25)26(29)12-15-27-13-10-23(11-14-27)17-22-6-4-3-5-7-22/h4-10,17,21-22,24H,11-16,18-19H2,1-3H3;2*3-9,16,21,23H,10-15,17-19H2,1-2H3/t21-,22+;2*21-/m010/s1. The topological polar surface area (TPSA) is 70.7 Å². The largest absolute Gasteiger partial charge is 0.335 e. The van der Waals surface area contributed by atoms with Crippen LogP contribution in [0.1, 0.15) is 136 Å². The maximum atomic E-state index is 13.2. The van der Waals surface area contributed by atoms with Gasteiger partial charge in [-0.1, -0.05) is 151 Å². The molecule has 0 aromatic heterocycles.